The molecule has 0 aliphatic carbocycles. The fourth-order valence-electron chi connectivity index (χ4n) is 1.42. The van der Waals surface area contributed by atoms with E-state index in [-0.39, 0.29) is 18.5 Å². The van der Waals surface area contributed by atoms with Gasteiger partial charge in [0.15, 0.2) is 0 Å². The first-order valence-corrected chi connectivity index (χ1v) is 5.61. The lowest BCUT2D eigenvalue weighted by molar-refractivity contribution is -0.149. The van der Waals surface area contributed by atoms with Crippen molar-refractivity contribution in [3.63, 3.8) is 0 Å². The van der Waals surface area contributed by atoms with Crippen LogP contribution in [0.4, 0.5) is 0 Å². The molecule has 3 N–H and O–H groups in total. The predicted molar refractivity (Wildman–Crippen MR) is 62.2 cm³/mol. The highest BCUT2D eigenvalue weighted by atomic mass is 16.4. The minimum absolute atomic E-state index is 0.171. The zero-order valence-electron chi connectivity index (χ0n) is 10.5. The molecule has 0 aromatic rings. The molecule has 0 saturated heterocycles. The SMILES string of the molecule is CCC(CC)(CNC(=O)C(C)NC)C(=O)O. The molecule has 16 heavy (non-hydrogen) atoms. The van der Waals surface area contributed by atoms with Crippen molar-refractivity contribution in [3.8, 4) is 0 Å². The molecule has 0 aliphatic heterocycles. The Balaban J connectivity index is 4.44. The number of nitrogens with one attached hydrogen (secondary N) is 2. The maximum absolute atomic E-state index is 11.5. The van der Waals surface area contributed by atoms with Gasteiger partial charge in [-0.2, -0.15) is 0 Å². The van der Waals surface area contributed by atoms with E-state index in [9.17, 15) is 9.59 Å². The van der Waals surface area contributed by atoms with Gasteiger partial charge < -0.3 is 15.7 Å². The van der Waals surface area contributed by atoms with E-state index in [4.69, 9.17) is 5.11 Å². The Bertz CT molecular complexity index is 250. The van der Waals surface area contributed by atoms with E-state index < -0.39 is 11.4 Å². The average Bonchev–Trinajstić information content (AvgIpc) is 2.29. The van der Waals surface area contributed by atoms with Crippen LogP contribution in [0, 0.1) is 5.41 Å². The summed E-state index contributed by atoms with van der Waals surface area (Å²) < 4.78 is 0. The molecule has 5 nitrogen and oxygen atoms in total. The molecule has 0 heterocycles. The Hall–Kier alpha value is -1.10. The molecule has 0 radical (unpaired) electrons. The van der Waals surface area contributed by atoms with E-state index in [0.717, 1.165) is 0 Å². The van der Waals surface area contributed by atoms with Gasteiger partial charge in [-0.15, -0.1) is 0 Å². The Morgan fingerprint density at radius 1 is 1.31 bits per heavy atom. The van der Waals surface area contributed by atoms with Gasteiger partial charge in [-0.3, -0.25) is 9.59 Å². The maximum Gasteiger partial charge on any atom is 0.311 e. The monoisotopic (exact) mass is 230 g/mol. The van der Waals surface area contributed by atoms with Gasteiger partial charge in [0.25, 0.3) is 0 Å². The second-order valence-electron chi connectivity index (χ2n) is 4.02. The van der Waals surface area contributed by atoms with Crippen LogP contribution < -0.4 is 10.6 Å². The van der Waals surface area contributed by atoms with Gasteiger partial charge in [-0.25, -0.2) is 0 Å². The van der Waals surface area contributed by atoms with E-state index in [0.29, 0.717) is 12.8 Å². The summed E-state index contributed by atoms with van der Waals surface area (Å²) in [4.78, 5) is 22.7. The smallest absolute Gasteiger partial charge is 0.311 e. The quantitative estimate of drug-likeness (QED) is 0.598. The number of rotatable bonds is 7. The second kappa shape index (κ2) is 6.48. The lowest BCUT2D eigenvalue weighted by Gasteiger charge is -2.27. The van der Waals surface area contributed by atoms with E-state index in [1.165, 1.54) is 0 Å². The van der Waals surface area contributed by atoms with Gasteiger partial charge in [0, 0.05) is 6.54 Å². The summed E-state index contributed by atoms with van der Waals surface area (Å²) in [6.45, 7) is 5.56. The topological polar surface area (TPSA) is 78.4 Å². The number of aliphatic carboxylic acids is 1. The summed E-state index contributed by atoms with van der Waals surface area (Å²) in [6, 6.07) is -0.305. The van der Waals surface area contributed by atoms with Crippen molar-refractivity contribution in [2.24, 2.45) is 5.41 Å². The van der Waals surface area contributed by atoms with Crippen molar-refractivity contribution in [1.29, 1.82) is 0 Å². The number of carbonyl (C=O) groups excluding carboxylic acids is 1. The van der Waals surface area contributed by atoms with Crippen molar-refractivity contribution in [3.05, 3.63) is 0 Å². The molecular formula is C11H22N2O3. The van der Waals surface area contributed by atoms with Crippen LogP contribution in [0.2, 0.25) is 0 Å². The Morgan fingerprint density at radius 3 is 2.12 bits per heavy atom. The van der Waals surface area contributed by atoms with Crippen molar-refractivity contribution < 1.29 is 14.7 Å². The van der Waals surface area contributed by atoms with Gasteiger partial charge in [0.05, 0.1) is 11.5 Å². The highest BCUT2D eigenvalue weighted by molar-refractivity contribution is 5.82. The van der Waals surface area contributed by atoms with Crippen LogP contribution in [-0.2, 0) is 9.59 Å². The minimum atomic E-state index is -0.852. The lowest BCUT2D eigenvalue weighted by atomic mass is 9.82. The molecule has 0 bridgehead atoms. The van der Waals surface area contributed by atoms with Crippen LogP contribution >= 0.6 is 0 Å². The molecule has 5 heteroatoms. The summed E-state index contributed by atoms with van der Waals surface area (Å²) in [7, 11) is 1.69. The summed E-state index contributed by atoms with van der Waals surface area (Å²) in [5, 5.41) is 14.6. The normalized spacial score (nSPS) is 13.2. The van der Waals surface area contributed by atoms with Gasteiger partial charge in [-0.1, -0.05) is 13.8 Å². The van der Waals surface area contributed by atoms with Crippen molar-refractivity contribution in [2.75, 3.05) is 13.6 Å². The van der Waals surface area contributed by atoms with Crippen LogP contribution in [0.25, 0.3) is 0 Å². The number of hydrogen-bond donors (Lipinski definition) is 3. The third-order valence-corrected chi connectivity index (χ3v) is 3.23. The first-order valence-electron chi connectivity index (χ1n) is 5.61. The molecule has 1 atom stereocenters. The van der Waals surface area contributed by atoms with Gasteiger partial charge in [0.2, 0.25) is 5.91 Å². The molecule has 0 aromatic heterocycles. The van der Waals surface area contributed by atoms with E-state index >= 15 is 0 Å². The number of carboxylic acid groups (broad SMARTS) is 1. The number of carboxylic acids is 1. The Labute approximate surface area is 96.6 Å². The van der Waals surface area contributed by atoms with Crippen LogP contribution in [0.15, 0.2) is 0 Å². The molecular weight excluding hydrogens is 208 g/mol. The average molecular weight is 230 g/mol. The third-order valence-electron chi connectivity index (χ3n) is 3.23. The van der Waals surface area contributed by atoms with Gasteiger partial charge >= 0.3 is 5.97 Å². The van der Waals surface area contributed by atoms with Gasteiger partial charge in [-0.05, 0) is 26.8 Å². The molecule has 1 unspecified atom stereocenters. The number of amides is 1. The molecule has 1 amide bonds. The summed E-state index contributed by atoms with van der Waals surface area (Å²) in [5.74, 6) is -1.02. The highest BCUT2D eigenvalue weighted by Gasteiger charge is 2.35. The molecule has 0 rings (SSSR count). The zero-order chi connectivity index (χ0) is 12.8. The zero-order valence-corrected chi connectivity index (χ0v) is 10.5. The van der Waals surface area contributed by atoms with Crippen molar-refractivity contribution in [1.82, 2.24) is 10.6 Å². The standard InChI is InChI=1S/C11H22N2O3/c1-5-11(6-2,10(15)16)7-13-9(14)8(3)12-4/h8,12H,5-7H2,1-4H3,(H,13,14)(H,15,16). The minimum Gasteiger partial charge on any atom is -0.481 e. The maximum atomic E-state index is 11.5. The first kappa shape index (κ1) is 14.9. The summed E-state index contributed by atoms with van der Waals surface area (Å²) in [5.41, 5.74) is -0.844. The van der Waals surface area contributed by atoms with Gasteiger partial charge in [0.1, 0.15) is 0 Å². The summed E-state index contributed by atoms with van der Waals surface area (Å²) in [6.07, 6.45) is 1.01. The first-order chi connectivity index (χ1) is 7.43. The predicted octanol–water partition coefficient (Wildman–Crippen LogP) is 0.601. The van der Waals surface area contributed by atoms with Crippen LogP contribution in [0.5, 0.6) is 0 Å². The molecule has 0 saturated carbocycles. The van der Waals surface area contributed by atoms with Crippen LogP contribution in [0.3, 0.4) is 0 Å². The third kappa shape index (κ3) is 3.48. The fraction of sp³-hybridized carbons (Fsp3) is 0.818. The highest BCUT2D eigenvalue weighted by Crippen LogP contribution is 2.25. The molecule has 94 valence electrons. The van der Waals surface area contributed by atoms with Crippen molar-refractivity contribution in [2.45, 2.75) is 39.7 Å². The fourth-order valence-corrected chi connectivity index (χ4v) is 1.42. The van der Waals surface area contributed by atoms with Crippen LogP contribution in [0.1, 0.15) is 33.6 Å². The molecule has 0 aliphatic rings. The van der Waals surface area contributed by atoms with Crippen molar-refractivity contribution >= 4 is 11.9 Å². The van der Waals surface area contributed by atoms with E-state index in [1.807, 2.05) is 13.8 Å². The van der Waals surface area contributed by atoms with Crippen LogP contribution in [-0.4, -0.2) is 36.6 Å². The Kier molecular flexibility index (Phi) is 6.03. The second-order valence-corrected chi connectivity index (χ2v) is 4.02. The number of hydrogen-bond acceptors (Lipinski definition) is 3. The molecule has 0 spiro atoms. The largest absolute Gasteiger partial charge is 0.481 e. The summed E-state index contributed by atoms with van der Waals surface area (Å²) >= 11 is 0. The van der Waals surface area contributed by atoms with E-state index in [1.54, 1.807) is 14.0 Å². The number of likely N-dealkylation sites (N-methyl/N-ethyl adjacent to an activating group) is 1. The Morgan fingerprint density at radius 2 is 1.81 bits per heavy atom. The number of carbonyl (C=O) groups is 2. The van der Waals surface area contributed by atoms with E-state index in [2.05, 4.69) is 10.6 Å². The molecule has 0 aromatic carbocycles. The lowest BCUT2D eigenvalue weighted by Crippen LogP contribution is -2.47. The molecule has 0 fully saturated rings.